The van der Waals surface area contributed by atoms with Crippen LogP contribution in [0.4, 0.5) is 5.69 Å². The summed E-state index contributed by atoms with van der Waals surface area (Å²) >= 11 is 6.32. The highest BCUT2D eigenvalue weighted by Gasteiger charge is 2.23. The van der Waals surface area contributed by atoms with E-state index in [4.69, 9.17) is 16.3 Å². The van der Waals surface area contributed by atoms with Crippen molar-refractivity contribution in [2.75, 3.05) is 11.5 Å². The number of hydrogen-bond acceptors (Lipinski definition) is 3. The van der Waals surface area contributed by atoms with Crippen LogP contribution >= 0.6 is 11.6 Å². The molecule has 0 spiro atoms. The Labute approximate surface area is 193 Å². The third-order valence-corrected chi connectivity index (χ3v) is 5.52. The zero-order chi connectivity index (χ0) is 23.3. The van der Waals surface area contributed by atoms with Gasteiger partial charge in [0.05, 0.1) is 17.8 Å². The van der Waals surface area contributed by atoms with Crippen LogP contribution < -0.4 is 9.64 Å². The van der Waals surface area contributed by atoms with Crippen LogP contribution in [-0.2, 0) is 11.3 Å². The highest BCUT2D eigenvalue weighted by molar-refractivity contribution is 6.31. The molecule has 1 amide bonds. The number of nitrogens with zero attached hydrogens (tertiary/aromatic N) is 1. The SMILES string of the molecule is Cc1ccc(C(C)C)c(OCC(=O)N(Cc2ccccc2Cl)c2ccccc2C(=O)O)c1. The minimum absolute atomic E-state index is 0.0336. The number of amides is 1. The van der Waals surface area contributed by atoms with Crippen LogP contribution in [0.15, 0.2) is 66.7 Å². The number of halogens is 1. The molecule has 166 valence electrons. The number of benzene rings is 3. The summed E-state index contributed by atoms with van der Waals surface area (Å²) in [5.41, 5.74) is 3.07. The summed E-state index contributed by atoms with van der Waals surface area (Å²) in [5, 5.41) is 10.2. The Morgan fingerprint density at radius 2 is 1.72 bits per heavy atom. The van der Waals surface area contributed by atoms with E-state index in [-0.39, 0.29) is 30.5 Å². The van der Waals surface area contributed by atoms with Gasteiger partial charge in [-0.05, 0) is 53.8 Å². The van der Waals surface area contributed by atoms with Crippen molar-refractivity contribution in [1.82, 2.24) is 0 Å². The summed E-state index contributed by atoms with van der Waals surface area (Å²) in [5.74, 6) is -0.598. The summed E-state index contributed by atoms with van der Waals surface area (Å²) in [6.45, 7) is 5.97. The van der Waals surface area contributed by atoms with Crippen LogP contribution in [0.25, 0.3) is 0 Å². The second-order valence-electron chi connectivity index (χ2n) is 7.88. The van der Waals surface area contributed by atoms with Gasteiger partial charge in [0.25, 0.3) is 5.91 Å². The highest BCUT2D eigenvalue weighted by atomic mass is 35.5. The molecule has 0 saturated heterocycles. The number of para-hydroxylation sites is 1. The van der Waals surface area contributed by atoms with Gasteiger partial charge in [-0.1, -0.05) is 67.9 Å². The number of carboxylic acid groups (broad SMARTS) is 1. The predicted octanol–water partition coefficient (Wildman–Crippen LogP) is 6.08. The van der Waals surface area contributed by atoms with Crippen LogP contribution in [0.5, 0.6) is 5.75 Å². The molecule has 1 N–H and O–H groups in total. The maximum Gasteiger partial charge on any atom is 0.337 e. The summed E-state index contributed by atoms with van der Waals surface area (Å²) in [7, 11) is 0. The van der Waals surface area contributed by atoms with Gasteiger partial charge >= 0.3 is 5.97 Å². The Bertz CT molecular complexity index is 1130. The van der Waals surface area contributed by atoms with Crippen molar-refractivity contribution in [3.63, 3.8) is 0 Å². The fourth-order valence-electron chi connectivity index (χ4n) is 3.46. The molecule has 3 rings (SSSR count). The molecule has 0 aliphatic carbocycles. The fraction of sp³-hybridized carbons (Fsp3) is 0.231. The van der Waals surface area contributed by atoms with Gasteiger partial charge in [0, 0.05) is 5.02 Å². The van der Waals surface area contributed by atoms with Crippen molar-refractivity contribution in [2.24, 2.45) is 0 Å². The van der Waals surface area contributed by atoms with Crippen molar-refractivity contribution in [3.8, 4) is 5.75 Å². The first-order chi connectivity index (χ1) is 15.3. The number of anilines is 1. The molecule has 0 aliphatic heterocycles. The standard InChI is InChI=1S/C26H26ClNO4/c1-17(2)20-13-12-18(3)14-24(20)32-16-25(29)28(15-19-8-4-6-10-22(19)27)23-11-7-5-9-21(23)26(30)31/h4-14,17H,15-16H2,1-3H3,(H,30,31). The number of carbonyl (C=O) groups excluding carboxylic acids is 1. The average Bonchev–Trinajstić information content (AvgIpc) is 2.76. The van der Waals surface area contributed by atoms with E-state index < -0.39 is 5.97 Å². The lowest BCUT2D eigenvalue weighted by Crippen LogP contribution is -2.35. The Morgan fingerprint density at radius 1 is 1.03 bits per heavy atom. The minimum atomic E-state index is -1.11. The van der Waals surface area contributed by atoms with Crippen molar-refractivity contribution >= 4 is 29.2 Å². The maximum atomic E-state index is 13.3. The lowest BCUT2D eigenvalue weighted by Gasteiger charge is -2.25. The molecule has 0 heterocycles. The number of aryl methyl sites for hydroxylation is 1. The molecule has 0 saturated carbocycles. The van der Waals surface area contributed by atoms with Gasteiger partial charge in [-0.2, -0.15) is 0 Å². The normalized spacial score (nSPS) is 10.8. The van der Waals surface area contributed by atoms with Gasteiger partial charge in [-0.25, -0.2) is 4.79 Å². The number of rotatable bonds is 8. The Balaban J connectivity index is 1.94. The number of carbonyl (C=O) groups is 2. The van der Waals surface area contributed by atoms with Crippen LogP contribution in [0.3, 0.4) is 0 Å². The van der Waals surface area contributed by atoms with E-state index in [1.807, 2.05) is 37.3 Å². The zero-order valence-corrected chi connectivity index (χ0v) is 19.1. The van der Waals surface area contributed by atoms with Gasteiger partial charge in [0.15, 0.2) is 6.61 Å². The lowest BCUT2D eigenvalue weighted by molar-refractivity contribution is -0.120. The second kappa shape index (κ2) is 10.3. The molecule has 3 aromatic carbocycles. The number of hydrogen-bond donors (Lipinski definition) is 1. The first-order valence-corrected chi connectivity index (χ1v) is 10.7. The van der Waals surface area contributed by atoms with Gasteiger partial charge < -0.3 is 14.7 Å². The molecule has 0 aromatic heterocycles. The lowest BCUT2D eigenvalue weighted by atomic mass is 10.0. The number of aromatic carboxylic acids is 1. The minimum Gasteiger partial charge on any atom is -0.483 e. The molecule has 0 radical (unpaired) electrons. The second-order valence-corrected chi connectivity index (χ2v) is 8.29. The molecule has 3 aromatic rings. The van der Waals surface area contributed by atoms with Crippen molar-refractivity contribution in [3.05, 3.63) is 94.0 Å². The molecule has 0 atom stereocenters. The van der Waals surface area contributed by atoms with Crippen molar-refractivity contribution < 1.29 is 19.4 Å². The van der Waals surface area contributed by atoms with E-state index in [0.29, 0.717) is 22.0 Å². The van der Waals surface area contributed by atoms with Gasteiger partial charge in [-0.3, -0.25) is 4.79 Å². The van der Waals surface area contributed by atoms with E-state index in [2.05, 4.69) is 13.8 Å². The van der Waals surface area contributed by atoms with E-state index in [0.717, 1.165) is 11.1 Å². The first-order valence-electron chi connectivity index (χ1n) is 10.4. The third kappa shape index (κ3) is 5.48. The monoisotopic (exact) mass is 451 g/mol. The Morgan fingerprint density at radius 3 is 2.41 bits per heavy atom. The highest BCUT2D eigenvalue weighted by Crippen LogP contribution is 2.29. The zero-order valence-electron chi connectivity index (χ0n) is 18.3. The smallest absolute Gasteiger partial charge is 0.337 e. The molecule has 32 heavy (non-hydrogen) atoms. The van der Waals surface area contributed by atoms with Crippen molar-refractivity contribution in [1.29, 1.82) is 0 Å². The topological polar surface area (TPSA) is 66.8 Å². The predicted molar refractivity (Wildman–Crippen MR) is 127 cm³/mol. The quantitative estimate of drug-likeness (QED) is 0.450. The largest absolute Gasteiger partial charge is 0.483 e. The first kappa shape index (κ1) is 23.4. The van der Waals surface area contributed by atoms with Gasteiger partial charge in [0.2, 0.25) is 0 Å². The average molecular weight is 452 g/mol. The molecule has 0 bridgehead atoms. The van der Waals surface area contributed by atoms with E-state index >= 15 is 0 Å². The van der Waals surface area contributed by atoms with Gasteiger partial charge in [0.1, 0.15) is 5.75 Å². The van der Waals surface area contributed by atoms with Crippen molar-refractivity contribution in [2.45, 2.75) is 33.2 Å². The van der Waals surface area contributed by atoms with Crippen LogP contribution in [0.2, 0.25) is 5.02 Å². The molecule has 6 heteroatoms. The molecule has 0 unspecified atom stereocenters. The third-order valence-electron chi connectivity index (χ3n) is 5.15. The van der Waals surface area contributed by atoms with E-state index in [9.17, 15) is 14.7 Å². The molecular formula is C26H26ClNO4. The van der Waals surface area contributed by atoms with Crippen LogP contribution in [0, 0.1) is 6.92 Å². The Kier molecular flexibility index (Phi) is 7.54. The molecule has 0 aliphatic rings. The summed E-state index contributed by atoms with van der Waals surface area (Å²) in [6, 6.07) is 19.5. The van der Waals surface area contributed by atoms with Crippen LogP contribution in [0.1, 0.15) is 46.8 Å². The molecular weight excluding hydrogens is 426 g/mol. The summed E-state index contributed by atoms with van der Waals surface area (Å²) in [4.78, 5) is 26.6. The number of carboxylic acids is 1. The summed E-state index contributed by atoms with van der Waals surface area (Å²) in [6.07, 6.45) is 0. The fourth-order valence-corrected chi connectivity index (χ4v) is 3.65. The van der Waals surface area contributed by atoms with Gasteiger partial charge in [-0.15, -0.1) is 0 Å². The maximum absolute atomic E-state index is 13.3. The van der Waals surface area contributed by atoms with E-state index in [1.54, 1.807) is 30.3 Å². The van der Waals surface area contributed by atoms with E-state index in [1.165, 1.54) is 11.0 Å². The Hall–Kier alpha value is -3.31. The molecule has 5 nitrogen and oxygen atoms in total. The van der Waals surface area contributed by atoms with Crippen LogP contribution in [-0.4, -0.2) is 23.6 Å². The summed E-state index contributed by atoms with van der Waals surface area (Å²) < 4.78 is 5.94. The molecule has 0 fully saturated rings. The number of ether oxygens (including phenoxy) is 1.